The predicted molar refractivity (Wildman–Crippen MR) is 43.6 cm³/mol. The van der Waals surface area contributed by atoms with Crippen molar-refractivity contribution in [3.05, 3.63) is 0 Å². The molecule has 1 aliphatic heterocycles. The minimum absolute atomic E-state index is 0.0000463. The molecule has 1 rings (SSSR count). The minimum atomic E-state index is -3.76. The Morgan fingerprint density at radius 1 is 1.54 bits per heavy atom. The third kappa shape index (κ3) is 1.82. The first-order valence-electron chi connectivity index (χ1n) is 3.75. The number of aliphatic hydroxyl groups excluding tert-OH is 1. The first-order valence-corrected chi connectivity index (χ1v) is 5.26. The van der Waals surface area contributed by atoms with Crippen molar-refractivity contribution in [2.24, 2.45) is 0 Å². The van der Waals surface area contributed by atoms with Gasteiger partial charge in [-0.2, -0.15) is 4.31 Å². The third-order valence-electron chi connectivity index (χ3n) is 1.98. The maximum atomic E-state index is 11.3. The molecule has 1 atom stereocenters. The maximum absolute atomic E-state index is 11.3. The number of hydrogen-bond acceptors (Lipinski definition) is 4. The number of rotatable bonds is 3. The quantitative estimate of drug-likeness (QED) is 0.587. The van der Waals surface area contributed by atoms with E-state index in [0.717, 1.165) is 11.2 Å². The van der Waals surface area contributed by atoms with E-state index in [4.69, 9.17) is 10.2 Å². The molecule has 1 heterocycles. The van der Waals surface area contributed by atoms with Crippen LogP contribution in [0.1, 0.15) is 6.92 Å². The van der Waals surface area contributed by atoms with Gasteiger partial charge in [0.15, 0.2) is 5.25 Å². The molecule has 0 spiro atoms. The number of hydrogen-bond donors (Lipinski definition) is 2. The number of β-amino-alcohol motifs (C(OH)–C–C–N with tert-alkyl or cyclic N) is 1. The summed E-state index contributed by atoms with van der Waals surface area (Å²) in [6, 6.07) is 0. The molecule has 0 amide bonds. The molecule has 0 bridgehead atoms. The molecular weight excluding hydrogens is 198 g/mol. The van der Waals surface area contributed by atoms with Crippen molar-refractivity contribution >= 4 is 16.0 Å². The monoisotopic (exact) mass is 209 g/mol. The van der Waals surface area contributed by atoms with Crippen LogP contribution in [0, 0.1) is 0 Å². The van der Waals surface area contributed by atoms with Crippen molar-refractivity contribution in [3.63, 3.8) is 0 Å². The minimum Gasteiger partial charge on any atom is -0.480 e. The highest BCUT2D eigenvalue weighted by atomic mass is 32.2. The fraction of sp³-hybridized carbons (Fsp3) is 0.833. The van der Waals surface area contributed by atoms with Gasteiger partial charge < -0.3 is 10.2 Å². The van der Waals surface area contributed by atoms with Crippen molar-refractivity contribution in [2.75, 3.05) is 13.1 Å². The molecule has 1 aliphatic rings. The Kier molecular flexibility index (Phi) is 2.60. The van der Waals surface area contributed by atoms with Crippen LogP contribution in [0.15, 0.2) is 0 Å². The molecule has 0 saturated carbocycles. The van der Waals surface area contributed by atoms with Gasteiger partial charge in [0.2, 0.25) is 10.0 Å². The molecular formula is C6H11NO5S. The fourth-order valence-electron chi connectivity index (χ4n) is 0.975. The Balaban J connectivity index is 2.72. The average molecular weight is 209 g/mol. The summed E-state index contributed by atoms with van der Waals surface area (Å²) >= 11 is 0. The number of carboxylic acid groups (broad SMARTS) is 1. The Morgan fingerprint density at radius 2 is 2.00 bits per heavy atom. The summed E-state index contributed by atoms with van der Waals surface area (Å²) in [5.74, 6) is -1.37. The highest BCUT2D eigenvalue weighted by Crippen LogP contribution is 2.17. The first kappa shape index (κ1) is 10.4. The van der Waals surface area contributed by atoms with E-state index in [-0.39, 0.29) is 13.1 Å². The first-order chi connectivity index (χ1) is 5.85. The lowest BCUT2D eigenvalue weighted by Crippen LogP contribution is -2.56. The molecule has 13 heavy (non-hydrogen) atoms. The van der Waals surface area contributed by atoms with Crippen LogP contribution in [-0.4, -0.2) is 53.3 Å². The summed E-state index contributed by atoms with van der Waals surface area (Å²) in [4.78, 5) is 10.4. The lowest BCUT2D eigenvalue weighted by molar-refractivity contribution is -0.136. The normalized spacial score (nSPS) is 22.3. The van der Waals surface area contributed by atoms with E-state index >= 15 is 0 Å². The van der Waals surface area contributed by atoms with Gasteiger partial charge in [-0.05, 0) is 6.92 Å². The highest BCUT2D eigenvalue weighted by molar-refractivity contribution is 7.90. The van der Waals surface area contributed by atoms with E-state index in [2.05, 4.69) is 0 Å². The standard InChI is InChI=1S/C6H11NO5S/c1-4(6(9)10)13(11,12)7-2-5(8)3-7/h4-5,8H,2-3H2,1H3,(H,9,10). The molecule has 0 aliphatic carbocycles. The summed E-state index contributed by atoms with van der Waals surface area (Å²) in [6.07, 6.45) is -0.657. The van der Waals surface area contributed by atoms with Gasteiger partial charge in [-0.25, -0.2) is 8.42 Å². The van der Waals surface area contributed by atoms with Crippen LogP contribution in [0.25, 0.3) is 0 Å². The molecule has 6 nitrogen and oxygen atoms in total. The summed E-state index contributed by atoms with van der Waals surface area (Å²) < 4.78 is 23.6. The predicted octanol–water partition coefficient (Wildman–Crippen LogP) is -1.53. The summed E-state index contributed by atoms with van der Waals surface area (Å²) in [7, 11) is -3.76. The van der Waals surface area contributed by atoms with Crippen LogP contribution >= 0.6 is 0 Å². The van der Waals surface area contributed by atoms with Crippen LogP contribution in [0.5, 0.6) is 0 Å². The molecule has 0 aromatic rings. The van der Waals surface area contributed by atoms with Gasteiger partial charge in [0, 0.05) is 13.1 Å². The van der Waals surface area contributed by atoms with Crippen LogP contribution in [0.2, 0.25) is 0 Å². The van der Waals surface area contributed by atoms with Gasteiger partial charge in [0.1, 0.15) is 0 Å². The number of sulfonamides is 1. The smallest absolute Gasteiger partial charge is 0.323 e. The molecule has 1 fully saturated rings. The van der Waals surface area contributed by atoms with E-state index in [0.29, 0.717) is 0 Å². The van der Waals surface area contributed by atoms with E-state index in [1.807, 2.05) is 0 Å². The SMILES string of the molecule is CC(C(=O)O)S(=O)(=O)N1CC(O)C1. The zero-order chi connectivity index (χ0) is 10.2. The van der Waals surface area contributed by atoms with Crippen molar-refractivity contribution in [2.45, 2.75) is 18.3 Å². The summed E-state index contributed by atoms with van der Waals surface area (Å²) in [5, 5.41) is 15.9. The maximum Gasteiger partial charge on any atom is 0.323 e. The van der Waals surface area contributed by atoms with Gasteiger partial charge in [-0.1, -0.05) is 0 Å². The van der Waals surface area contributed by atoms with Crippen molar-refractivity contribution in [1.82, 2.24) is 4.31 Å². The third-order valence-corrected chi connectivity index (χ3v) is 4.10. The highest BCUT2D eigenvalue weighted by Gasteiger charge is 2.40. The van der Waals surface area contributed by atoms with Gasteiger partial charge in [0.25, 0.3) is 0 Å². The number of carbonyl (C=O) groups is 1. The van der Waals surface area contributed by atoms with Crippen molar-refractivity contribution < 1.29 is 23.4 Å². The van der Waals surface area contributed by atoms with Gasteiger partial charge in [-0.3, -0.25) is 4.79 Å². The fourth-order valence-corrected chi connectivity index (χ4v) is 2.44. The van der Waals surface area contributed by atoms with E-state index < -0.39 is 27.3 Å². The number of aliphatic hydroxyl groups is 1. The second-order valence-electron chi connectivity index (χ2n) is 3.00. The summed E-state index contributed by atoms with van der Waals surface area (Å²) in [6.45, 7) is 1.11. The van der Waals surface area contributed by atoms with E-state index in [9.17, 15) is 13.2 Å². The topological polar surface area (TPSA) is 94.9 Å². The molecule has 1 saturated heterocycles. The molecule has 0 aromatic heterocycles. The Morgan fingerprint density at radius 3 is 2.31 bits per heavy atom. The van der Waals surface area contributed by atoms with Crippen molar-refractivity contribution in [1.29, 1.82) is 0 Å². The number of carboxylic acids is 1. The lowest BCUT2D eigenvalue weighted by atomic mass is 10.2. The lowest BCUT2D eigenvalue weighted by Gasteiger charge is -2.35. The molecule has 0 radical (unpaired) electrons. The second-order valence-corrected chi connectivity index (χ2v) is 5.25. The van der Waals surface area contributed by atoms with Gasteiger partial charge in [0.05, 0.1) is 6.10 Å². The summed E-state index contributed by atoms with van der Waals surface area (Å²) in [5.41, 5.74) is 0. The molecule has 0 aromatic carbocycles. The zero-order valence-corrected chi connectivity index (χ0v) is 7.86. The Bertz CT molecular complexity index is 305. The Labute approximate surface area is 75.8 Å². The van der Waals surface area contributed by atoms with Crippen LogP contribution in [-0.2, 0) is 14.8 Å². The van der Waals surface area contributed by atoms with Crippen LogP contribution < -0.4 is 0 Å². The number of nitrogens with zero attached hydrogens (tertiary/aromatic N) is 1. The molecule has 76 valence electrons. The van der Waals surface area contributed by atoms with Crippen molar-refractivity contribution in [3.8, 4) is 0 Å². The molecule has 7 heteroatoms. The molecule has 2 N–H and O–H groups in total. The van der Waals surface area contributed by atoms with Gasteiger partial charge in [-0.15, -0.1) is 0 Å². The zero-order valence-electron chi connectivity index (χ0n) is 7.04. The van der Waals surface area contributed by atoms with Gasteiger partial charge >= 0.3 is 5.97 Å². The molecule has 1 unspecified atom stereocenters. The second kappa shape index (κ2) is 3.24. The van der Waals surface area contributed by atoms with Crippen LogP contribution in [0.4, 0.5) is 0 Å². The largest absolute Gasteiger partial charge is 0.480 e. The average Bonchev–Trinajstić information content (AvgIpc) is 1.96. The van der Waals surface area contributed by atoms with Crippen LogP contribution in [0.3, 0.4) is 0 Å². The number of aliphatic carboxylic acids is 1. The van der Waals surface area contributed by atoms with E-state index in [1.54, 1.807) is 0 Å². The van der Waals surface area contributed by atoms with E-state index in [1.165, 1.54) is 0 Å². The Hall–Kier alpha value is -0.660.